The van der Waals surface area contributed by atoms with Gasteiger partial charge in [-0.2, -0.15) is 0 Å². The van der Waals surface area contributed by atoms with E-state index in [0.717, 1.165) is 11.1 Å². The Labute approximate surface area is 60.1 Å². The van der Waals surface area contributed by atoms with E-state index >= 15 is 0 Å². The molecule has 0 saturated carbocycles. The molecule has 0 heterocycles. The van der Waals surface area contributed by atoms with Gasteiger partial charge in [-0.15, -0.1) is 0 Å². The second-order valence-corrected chi connectivity index (χ2v) is 2.19. The summed E-state index contributed by atoms with van der Waals surface area (Å²) in [6.07, 6.45) is 5.59. The third-order valence-electron chi connectivity index (χ3n) is 1.35. The van der Waals surface area contributed by atoms with Gasteiger partial charge in [0, 0.05) is 0 Å². The third-order valence-corrected chi connectivity index (χ3v) is 1.35. The molecule has 0 amide bonds. The van der Waals surface area contributed by atoms with Crippen molar-refractivity contribution in [3.05, 3.63) is 35.3 Å². The topological polar surface area (TPSA) is 29.5 Å². The SMILES string of the molecule is COC(O)=C1C=CC(C)=C1. The van der Waals surface area contributed by atoms with Crippen molar-refractivity contribution in [3.63, 3.8) is 0 Å². The fourth-order valence-corrected chi connectivity index (χ4v) is 0.814. The lowest BCUT2D eigenvalue weighted by Crippen LogP contribution is -1.86. The Morgan fingerprint density at radius 3 is 2.60 bits per heavy atom. The van der Waals surface area contributed by atoms with Gasteiger partial charge >= 0.3 is 0 Å². The van der Waals surface area contributed by atoms with Gasteiger partial charge in [0.25, 0.3) is 5.95 Å². The predicted octanol–water partition coefficient (Wildman–Crippen LogP) is 1.92. The van der Waals surface area contributed by atoms with Crippen LogP contribution in [-0.4, -0.2) is 12.2 Å². The van der Waals surface area contributed by atoms with Crippen LogP contribution >= 0.6 is 0 Å². The predicted molar refractivity (Wildman–Crippen MR) is 39.6 cm³/mol. The minimum absolute atomic E-state index is 0.0203. The van der Waals surface area contributed by atoms with Crippen LogP contribution in [-0.2, 0) is 4.74 Å². The Morgan fingerprint density at radius 1 is 1.50 bits per heavy atom. The largest absolute Gasteiger partial charge is 0.481 e. The molecule has 2 heteroatoms. The Hall–Kier alpha value is -1.18. The number of aliphatic hydroxyl groups is 1. The molecule has 2 nitrogen and oxygen atoms in total. The van der Waals surface area contributed by atoms with Crippen LogP contribution in [0.2, 0.25) is 0 Å². The molecule has 0 aromatic carbocycles. The maximum Gasteiger partial charge on any atom is 0.283 e. The first-order valence-corrected chi connectivity index (χ1v) is 3.07. The lowest BCUT2D eigenvalue weighted by atomic mass is 10.3. The maximum atomic E-state index is 9.04. The van der Waals surface area contributed by atoms with Crippen molar-refractivity contribution >= 4 is 0 Å². The van der Waals surface area contributed by atoms with Crippen LogP contribution in [0.15, 0.2) is 35.3 Å². The van der Waals surface area contributed by atoms with Gasteiger partial charge in [0.1, 0.15) is 0 Å². The standard InChI is InChI=1S/C8H10O2/c1-6-3-4-7(5-6)8(9)10-2/h3-5,9H,1-2H3. The first kappa shape index (κ1) is 6.93. The van der Waals surface area contributed by atoms with Crippen molar-refractivity contribution in [1.29, 1.82) is 0 Å². The highest BCUT2D eigenvalue weighted by Crippen LogP contribution is 2.16. The van der Waals surface area contributed by atoms with Crippen LogP contribution in [0, 0.1) is 0 Å². The molecule has 0 aromatic heterocycles. The second kappa shape index (κ2) is 2.60. The highest BCUT2D eigenvalue weighted by molar-refractivity contribution is 5.45. The van der Waals surface area contributed by atoms with Gasteiger partial charge in [0.05, 0.1) is 12.7 Å². The summed E-state index contributed by atoms with van der Waals surface area (Å²) < 4.78 is 4.62. The quantitative estimate of drug-likeness (QED) is 0.561. The number of aliphatic hydroxyl groups excluding tert-OH is 1. The molecule has 0 saturated heterocycles. The molecule has 0 spiro atoms. The number of rotatable bonds is 1. The van der Waals surface area contributed by atoms with E-state index in [1.54, 1.807) is 0 Å². The summed E-state index contributed by atoms with van der Waals surface area (Å²) in [7, 11) is 1.44. The molecule has 0 unspecified atom stereocenters. The van der Waals surface area contributed by atoms with Gasteiger partial charge in [-0.3, -0.25) is 0 Å². The van der Waals surface area contributed by atoms with E-state index in [1.165, 1.54) is 7.11 Å². The lowest BCUT2D eigenvalue weighted by Gasteiger charge is -1.96. The molecule has 0 atom stereocenters. The summed E-state index contributed by atoms with van der Waals surface area (Å²) >= 11 is 0. The monoisotopic (exact) mass is 138 g/mol. The van der Waals surface area contributed by atoms with Crippen molar-refractivity contribution in [1.82, 2.24) is 0 Å². The van der Waals surface area contributed by atoms with Crippen LogP contribution in [0.3, 0.4) is 0 Å². The smallest absolute Gasteiger partial charge is 0.283 e. The van der Waals surface area contributed by atoms with Crippen molar-refractivity contribution in [3.8, 4) is 0 Å². The average Bonchev–Trinajstić information content (AvgIpc) is 2.34. The third kappa shape index (κ3) is 1.21. The molecule has 0 radical (unpaired) electrons. The van der Waals surface area contributed by atoms with Gasteiger partial charge < -0.3 is 9.84 Å². The van der Waals surface area contributed by atoms with Crippen LogP contribution in [0.25, 0.3) is 0 Å². The molecule has 0 aliphatic heterocycles. The van der Waals surface area contributed by atoms with Gasteiger partial charge in [-0.1, -0.05) is 11.6 Å². The van der Waals surface area contributed by atoms with Crippen molar-refractivity contribution < 1.29 is 9.84 Å². The van der Waals surface area contributed by atoms with Crippen molar-refractivity contribution in [2.75, 3.05) is 7.11 Å². The zero-order chi connectivity index (χ0) is 7.56. The van der Waals surface area contributed by atoms with Crippen LogP contribution in [0.1, 0.15) is 6.92 Å². The lowest BCUT2D eigenvalue weighted by molar-refractivity contribution is 0.134. The molecule has 0 fully saturated rings. The Bertz CT molecular complexity index is 221. The van der Waals surface area contributed by atoms with E-state index in [2.05, 4.69) is 4.74 Å². The summed E-state index contributed by atoms with van der Waals surface area (Å²) in [5, 5.41) is 9.04. The Balaban J connectivity index is 2.88. The zero-order valence-corrected chi connectivity index (χ0v) is 6.09. The summed E-state index contributed by atoms with van der Waals surface area (Å²) in [6.45, 7) is 1.96. The molecule has 0 bridgehead atoms. The highest BCUT2D eigenvalue weighted by atomic mass is 16.6. The van der Waals surface area contributed by atoms with Crippen LogP contribution < -0.4 is 0 Å². The van der Waals surface area contributed by atoms with Crippen LogP contribution in [0.5, 0.6) is 0 Å². The molecule has 1 aliphatic rings. The van der Waals surface area contributed by atoms with E-state index < -0.39 is 0 Å². The van der Waals surface area contributed by atoms with E-state index in [0.29, 0.717) is 0 Å². The van der Waals surface area contributed by atoms with E-state index in [4.69, 9.17) is 5.11 Å². The van der Waals surface area contributed by atoms with Crippen molar-refractivity contribution in [2.24, 2.45) is 0 Å². The summed E-state index contributed by atoms with van der Waals surface area (Å²) in [5.41, 5.74) is 1.86. The molecular weight excluding hydrogens is 128 g/mol. The minimum atomic E-state index is -0.0203. The molecule has 0 aromatic rings. The van der Waals surface area contributed by atoms with Gasteiger partial charge in [-0.05, 0) is 19.1 Å². The average molecular weight is 138 g/mol. The summed E-state index contributed by atoms with van der Waals surface area (Å²) in [5.74, 6) is -0.0203. The van der Waals surface area contributed by atoms with Gasteiger partial charge in [0.2, 0.25) is 0 Å². The van der Waals surface area contributed by atoms with Gasteiger partial charge in [0.15, 0.2) is 0 Å². The first-order chi connectivity index (χ1) is 4.74. The Morgan fingerprint density at radius 2 is 2.20 bits per heavy atom. The molecule has 54 valence electrons. The molecule has 10 heavy (non-hydrogen) atoms. The second-order valence-electron chi connectivity index (χ2n) is 2.19. The zero-order valence-electron chi connectivity index (χ0n) is 6.09. The number of methoxy groups -OCH3 is 1. The number of allylic oxidation sites excluding steroid dienone is 5. The molecule has 1 rings (SSSR count). The van der Waals surface area contributed by atoms with E-state index in [9.17, 15) is 0 Å². The fourth-order valence-electron chi connectivity index (χ4n) is 0.814. The summed E-state index contributed by atoms with van der Waals surface area (Å²) in [6, 6.07) is 0. The Kier molecular flexibility index (Phi) is 1.81. The maximum absolute atomic E-state index is 9.04. The first-order valence-electron chi connectivity index (χ1n) is 3.07. The minimum Gasteiger partial charge on any atom is -0.481 e. The molecular formula is C8H10O2. The highest BCUT2D eigenvalue weighted by Gasteiger charge is 2.03. The molecule has 1 aliphatic carbocycles. The number of hydrogen-bond donors (Lipinski definition) is 1. The number of hydrogen-bond acceptors (Lipinski definition) is 2. The van der Waals surface area contributed by atoms with E-state index in [-0.39, 0.29) is 5.95 Å². The van der Waals surface area contributed by atoms with Crippen LogP contribution in [0.4, 0.5) is 0 Å². The fraction of sp³-hybridized carbons (Fsp3) is 0.250. The number of ether oxygens (including phenoxy) is 1. The molecule has 1 N–H and O–H groups in total. The van der Waals surface area contributed by atoms with Gasteiger partial charge in [-0.25, -0.2) is 0 Å². The van der Waals surface area contributed by atoms with Crippen molar-refractivity contribution in [2.45, 2.75) is 6.92 Å². The summed E-state index contributed by atoms with van der Waals surface area (Å²) in [4.78, 5) is 0. The normalized spacial score (nSPS) is 20.8. The van der Waals surface area contributed by atoms with E-state index in [1.807, 2.05) is 25.2 Å².